The van der Waals surface area contributed by atoms with E-state index in [0.717, 1.165) is 5.56 Å². The molecule has 1 amide bonds. The summed E-state index contributed by atoms with van der Waals surface area (Å²) in [5.41, 5.74) is 1.21. The molecule has 23 heavy (non-hydrogen) atoms. The highest BCUT2D eigenvalue weighted by molar-refractivity contribution is 9.10. The number of rotatable bonds is 5. The fourth-order valence-electron chi connectivity index (χ4n) is 1.82. The highest BCUT2D eigenvalue weighted by Gasteiger charge is 2.30. The van der Waals surface area contributed by atoms with E-state index >= 15 is 0 Å². The van der Waals surface area contributed by atoms with Crippen LogP contribution in [-0.4, -0.2) is 23.8 Å². The van der Waals surface area contributed by atoms with Crippen LogP contribution in [0.15, 0.2) is 47.2 Å². The first kappa shape index (κ1) is 17.3. The van der Waals surface area contributed by atoms with Gasteiger partial charge in [-0.15, -0.1) is 13.2 Å². The number of alkyl halides is 3. The molecule has 0 radical (unpaired) electrons. The predicted molar refractivity (Wildman–Crippen MR) is 81.1 cm³/mol. The van der Waals surface area contributed by atoms with Crippen LogP contribution >= 0.6 is 15.9 Å². The Labute approximate surface area is 138 Å². The van der Waals surface area contributed by atoms with E-state index < -0.39 is 6.36 Å². The average Bonchev–Trinajstić information content (AvgIpc) is 2.47. The van der Waals surface area contributed by atoms with Gasteiger partial charge in [0.05, 0.1) is 5.56 Å². The molecule has 1 aromatic carbocycles. The SMILES string of the molecule is O=C(NCCc1ccc(OC(F)(F)F)cc1)c1cncc(Br)c1. The molecule has 0 saturated heterocycles. The van der Waals surface area contributed by atoms with Gasteiger partial charge in [0.1, 0.15) is 5.75 Å². The van der Waals surface area contributed by atoms with Crippen molar-refractivity contribution in [2.75, 3.05) is 6.54 Å². The third-order valence-electron chi connectivity index (χ3n) is 2.82. The number of carbonyl (C=O) groups excluding carboxylic acids is 1. The standard InChI is InChI=1S/C15H12BrF3N2O2/c16-12-7-11(8-20-9-12)14(22)21-6-5-10-1-3-13(4-2-10)23-15(17,18)19/h1-4,7-9H,5-6H2,(H,21,22). The number of carbonyl (C=O) groups is 1. The highest BCUT2D eigenvalue weighted by atomic mass is 79.9. The lowest BCUT2D eigenvalue weighted by Crippen LogP contribution is -2.25. The second-order valence-corrected chi connectivity index (χ2v) is 5.51. The Balaban J connectivity index is 1.83. The van der Waals surface area contributed by atoms with Gasteiger partial charge < -0.3 is 10.1 Å². The fourth-order valence-corrected chi connectivity index (χ4v) is 2.18. The smallest absolute Gasteiger partial charge is 0.406 e. The van der Waals surface area contributed by atoms with Crippen molar-refractivity contribution in [3.63, 3.8) is 0 Å². The molecule has 4 nitrogen and oxygen atoms in total. The van der Waals surface area contributed by atoms with E-state index in [0.29, 0.717) is 23.0 Å². The summed E-state index contributed by atoms with van der Waals surface area (Å²) in [5, 5.41) is 2.72. The van der Waals surface area contributed by atoms with Gasteiger partial charge in [0.15, 0.2) is 0 Å². The third kappa shape index (κ3) is 5.90. The van der Waals surface area contributed by atoms with Gasteiger partial charge in [0, 0.05) is 23.4 Å². The second-order valence-electron chi connectivity index (χ2n) is 4.59. The maximum absolute atomic E-state index is 12.0. The van der Waals surface area contributed by atoms with Crippen LogP contribution in [0.5, 0.6) is 5.75 Å². The van der Waals surface area contributed by atoms with E-state index in [1.54, 1.807) is 12.3 Å². The molecule has 1 N–H and O–H groups in total. The minimum absolute atomic E-state index is 0.268. The molecule has 0 aliphatic carbocycles. The van der Waals surface area contributed by atoms with Crippen LogP contribution in [-0.2, 0) is 6.42 Å². The number of benzene rings is 1. The maximum atomic E-state index is 12.0. The molecule has 1 aromatic heterocycles. The summed E-state index contributed by atoms with van der Waals surface area (Å²) in [5.74, 6) is -0.540. The van der Waals surface area contributed by atoms with Crippen molar-refractivity contribution in [2.45, 2.75) is 12.8 Å². The topological polar surface area (TPSA) is 51.2 Å². The van der Waals surface area contributed by atoms with Crippen LogP contribution in [0.4, 0.5) is 13.2 Å². The Kier molecular flexibility index (Phi) is 5.59. The molecular formula is C15H12BrF3N2O2. The Bertz CT molecular complexity index is 675. The molecule has 1 heterocycles. The zero-order chi connectivity index (χ0) is 16.9. The molecule has 0 atom stereocenters. The van der Waals surface area contributed by atoms with Crippen molar-refractivity contribution in [3.8, 4) is 5.75 Å². The van der Waals surface area contributed by atoms with Crippen molar-refractivity contribution in [1.82, 2.24) is 10.3 Å². The van der Waals surface area contributed by atoms with Crippen LogP contribution in [0.2, 0.25) is 0 Å². The maximum Gasteiger partial charge on any atom is 0.573 e. The number of nitrogens with zero attached hydrogens (tertiary/aromatic N) is 1. The summed E-state index contributed by atoms with van der Waals surface area (Å²) in [6.45, 7) is 0.352. The summed E-state index contributed by atoms with van der Waals surface area (Å²) >= 11 is 3.23. The third-order valence-corrected chi connectivity index (χ3v) is 3.26. The van der Waals surface area contributed by atoms with Gasteiger partial charge >= 0.3 is 6.36 Å². The monoisotopic (exact) mass is 388 g/mol. The minimum atomic E-state index is -4.70. The molecule has 2 aromatic rings. The molecule has 0 fully saturated rings. The first-order chi connectivity index (χ1) is 10.8. The number of hydrogen-bond acceptors (Lipinski definition) is 3. The number of aromatic nitrogens is 1. The van der Waals surface area contributed by atoms with E-state index in [9.17, 15) is 18.0 Å². The molecule has 0 saturated carbocycles. The molecule has 122 valence electrons. The molecule has 0 spiro atoms. The van der Waals surface area contributed by atoms with Crippen LogP contribution in [0.25, 0.3) is 0 Å². The second kappa shape index (κ2) is 7.45. The van der Waals surface area contributed by atoms with Crippen LogP contribution in [0.1, 0.15) is 15.9 Å². The number of nitrogens with one attached hydrogen (secondary N) is 1. The fraction of sp³-hybridized carbons (Fsp3) is 0.200. The Morgan fingerprint density at radius 1 is 1.22 bits per heavy atom. The van der Waals surface area contributed by atoms with Crippen molar-refractivity contribution < 1.29 is 22.7 Å². The quantitative estimate of drug-likeness (QED) is 0.849. The van der Waals surface area contributed by atoms with Gasteiger partial charge in [-0.05, 0) is 46.1 Å². The van der Waals surface area contributed by atoms with Crippen LogP contribution in [0.3, 0.4) is 0 Å². The Morgan fingerprint density at radius 2 is 1.91 bits per heavy atom. The normalized spacial score (nSPS) is 11.1. The summed E-state index contributed by atoms with van der Waals surface area (Å²) in [7, 11) is 0. The van der Waals surface area contributed by atoms with Crippen molar-refractivity contribution >= 4 is 21.8 Å². The van der Waals surface area contributed by atoms with Gasteiger partial charge in [-0.3, -0.25) is 9.78 Å². The van der Waals surface area contributed by atoms with Gasteiger partial charge in [-0.1, -0.05) is 12.1 Å². The number of amides is 1. The lowest BCUT2D eigenvalue weighted by molar-refractivity contribution is -0.274. The molecule has 2 rings (SSSR count). The van der Waals surface area contributed by atoms with Gasteiger partial charge in [0.25, 0.3) is 5.91 Å². The van der Waals surface area contributed by atoms with E-state index in [1.165, 1.54) is 30.5 Å². The number of hydrogen-bond donors (Lipinski definition) is 1. The van der Waals surface area contributed by atoms with Crippen LogP contribution < -0.4 is 10.1 Å². The zero-order valence-electron chi connectivity index (χ0n) is 11.7. The minimum Gasteiger partial charge on any atom is -0.406 e. The molecule has 0 unspecified atom stereocenters. The lowest BCUT2D eigenvalue weighted by atomic mass is 10.1. The molecule has 0 aliphatic rings. The molecular weight excluding hydrogens is 377 g/mol. The number of halogens is 4. The van der Waals surface area contributed by atoms with Crippen LogP contribution in [0, 0.1) is 0 Å². The van der Waals surface area contributed by atoms with Gasteiger partial charge in [-0.25, -0.2) is 0 Å². The van der Waals surface area contributed by atoms with Gasteiger partial charge in [0.2, 0.25) is 0 Å². The summed E-state index contributed by atoms with van der Waals surface area (Å²) < 4.78 is 40.6. The molecule has 8 heteroatoms. The highest BCUT2D eigenvalue weighted by Crippen LogP contribution is 2.22. The average molecular weight is 389 g/mol. The van der Waals surface area contributed by atoms with Crippen molar-refractivity contribution in [3.05, 3.63) is 58.3 Å². The first-order valence-electron chi connectivity index (χ1n) is 6.57. The molecule has 0 bridgehead atoms. The summed E-state index contributed by atoms with van der Waals surface area (Å²) in [6, 6.07) is 7.17. The van der Waals surface area contributed by atoms with Crippen molar-refractivity contribution in [1.29, 1.82) is 0 Å². The lowest BCUT2D eigenvalue weighted by Gasteiger charge is -2.09. The summed E-state index contributed by atoms with van der Waals surface area (Å²) in [6.07, 6.45) is -1.20. The predicted octanol–water partition coefficient (Wildman–Crippen LogP) is 3.72. The van der Waals surface area contributed by atoms with E-state index in [1.807, 2.05) is 0 Å². The van der Waals surface area contributed by atoms with Crippen molar-refractivity contribution in [2.24, 2.45) is 0 Å². The largest absolute Gasteiger partial charge is 0.573 e. The number of pyridine rings is 1. The summed E-state index contributed by atoms with van der Waals surface area (Å²) in [4.78, 5) is 15.8. The van der Waals surface area contributed by atoms with E-state index in [-0.39, 0.29) is 11.7 Å². The van der Waals surface area contributed by atoms with E-state index in [4.69, 9.17) is 0 Å². The number of ether oxygens (including phenoxy) is 1. The van der Waals surface area contributed by atoms with Gasteiger partial charge in [-0.2, -0.15) is 0 Å². The Hall–Kier alpha value is -2.09. The first-order valence-corrected chi connectivity index (χ1v) is 7.36. The van der Waals surface area contributed by atoms with E-state index in [2.05, 4.69) is 31.0 Å². The molecule has 0 aliphatic heterocycles. The Morgan fingerprint density at radius 3 is 2.52 bits per heavy atom. The zero-order valence-corrected chi connectivity index (χ0v) is 13.3.